The number of rotatable bonds is 4. The summed E-state index contributed by atoms with van der Waals surface area (Å²) in [6.07, 6.45) is 0. The molecule has 0 radical (unpaired) electrons. The highest BCUT2D eigenvalue weighted by molar-refractivity contribution is 7.99. The molecule has 3 aromatic rings. The fraction of sp³-hybridized carbons (Fsp3) is 0.235. The SMILES string of the molecule is COc1ccc2nc3ccc(C)cc3c(SCCN)c2c1. The number of hydrogen-bond acceptors (Lipinski definition) is 4. The molecule has 1 aromatic heterocycles. The summed E-state index contributed by atoms with van der Waals surface area (Å²) >= 11 is 1.79. The van der Waals surface area contributed by atoms with Crippen molar-refractivity contribution in [3.05, 3.63) is 42.0 Å². The number of pyridine rings is 1. The largest absolute Gasteiger partial charge is 0.497 e. The van der Waals surface area contributed by atoms with Gasteiger partial charge in [-0.15, -0.1) is 11.8 Å². The van der Waals surface area contributed by atoms with Gasteiger partial charge in [0.15, 0.2) is 0 Å². The molecule has 1 heterocycles. The molecule has 0 saturated carbocycles. The van der Waals surface area contributed by atoms with Crippen LogP contribution in [0.25, 0.3) is 21.8 Å². The lowest BCUT2D eigenvalue weighted by Gasteiger charge is -2.12. The second kappa shape index (κ2) is 5.92. The second-order valence-electron chi connectivity index (χ2n) is 4.98. The van der Waals surface area contributed by atoms with Crippen LogP contribution >= 0.6 is 11.8 Å². The van der Waals surface area contributed by atoms with Gasteiger partial charge in [0.05, 0.1) is 18.1 Å². The van der Waals surface area contributed by atoms with Crippen LogP contribution in [0.4, 0.5) is 0 Å². The normalized spacial score (nSPS) is 11.2. The summed E-state index contributed by atoms with van der Waals surface area (Å²) in [4.78, 5) is 6.00. The van der Waals surface area contributed by atoms with E-state index >= 15 is 0 Å². The van der Waals surface area contributed by atoms with E-state index < -0.39 is 0 Å². The first-order chi connectivity index (χ1) is 10.2. The van der Waals surface area contributed by atoms with Crippen molar-refractivity contribution in [2.24, 2.45) is 5.73 Å². The van der Waals surface area contributed by atoms with E-state index in [4.69, 9.17) is 15.5 Å². The molecule has 0 aliphatic carbocycles. The van der Waals surface area contributed by atoms with Gasteiger partial charge in [0, 0.05) is 28.0 Å². The van der Waals surface area contributed by atoms with Gasteiger partial charge < -0.3 is 10.5 Å². The van der Waals surface area contributed by atoms with Crippen molar-refractivity contribution in [1.82, 2.24) is 4.98 Å². The van der Waals surface area contributed by atoms with Gasteiger partial charge in [0.1, 0.15) is 5.75 Å². The van der Waals surface area contributed by atoms with Crippen molar-refractivity contribution in [3.8, 4) is 5.75 Å². The average Bonchev–Trinajstić information content (AvgIpc) is 2.51. The first-order valence-electron chi connectivity index (χ1n) is 6.94. The van der Waals surface area contributed by atoms with Crippen LogP contribution in [-0.4, -0.2) is 24.4 Å². The number of fused-ring (bicyclic) bond motifs is 2. The molecule has 2 N–H and O–H groups in total. The molecule has 3 rings (SSSR count). The predicted octanol–water partition coefficient (Wildman–Crippen LogP) is 3.76. The average molecular weight is 298 g/mol. The molecule has 21 heavy (non-hydrogen) atoms. The Morgan fingerprint density at radius 1 is 1.10 bits per heavy atom. The zero-order chi connectivity index (χ0) is 14.8. The molecule has 3 nitrogen and oxygen atoms in total. The van der Waals surface area contributed by atoms with E-state index in [-0.39, 0.29) is 0 Å². The van der Waals surface area contributed by atoms with Crippen LogP contribution in [0.1, 0.15) is 5.56 Å². The number of aromatic nitrogens is 1. The molecule has 0 bridgehead atoms. The predicted molar refractivity (Wildman–Crippen MR) is 90.3 cm³/mol. The van der Waals surface area contributed by atoms with E-state index in [1.54, 1.807) is 18.9 Å². The third-order valence-electron chi connectivity index (χ3n) is 3.45. The summed E-state index contributed by atoms with van der Waals surface area (Å²) in [6, 6.07) is 12.4. The highest BCUT2D eigenvalue weighted by Gasteiger charge is 2.10. The molecule has 2 aromatic carbocycles. The van der Waals surface area contributed by atoms with Crippen LogP contribution < -0.4 is 10.5 Å². The number of methoxy groups -OCH3 is 1. The van der Waals surface area contributed by atoms with Gasteiger partial charge in [-0.25, -0.2) is 4.98 Å². The number of aryl methyl sites for hydroxylation is 1. The summed E-state index contributed by atoms with van der Waals surface area (Å²) < 4.78 is 5.36. The third-order valence-corrected chi connectivity index (χ3v) is 4.62. The maximum atomic E-state index is 5.69. The standard InChI is InChI=1S/C17H18N2OS/c1-11-3-5-15-13(9-11)17(21-8-7-18)14-10-12(20-2)4-6-16(14)19-15/h3-6,9-10H,7-8,18H2,1-2H3. The maximum Gasteiger partial charge on any atom is 0.119 e. The van der Waals surface area contributed by atoms with Crippen molar-refractivity contribution in [3.63, 3.8) is 0 Å². The van der Waals surface area contributed by atoms with Crippen molar-refractivity contribution in [1.29, 1.82) is 0 Å². The molecule has 0 aliphatic rings. The highest BCUT2D eigenvalue weighted by Crippen LogP contribution is 2.36. The summed E-state index contributed by atoms with van der Waals surface area (Å²) in [5.74, 6) is 1.74. The molecule has 0 aliphatic heterocycles. The lowest BCUT2D eigenvalue weighted by Crippen LogP contribution is -2.01. The summed E-state index contributed by atoms with van der Waals surface area (Å²) in [5, 5.41) is 2.32. The van der Waals surface area contributed by atoms with E-state index in [1.165, 1.54) is 15.8 Å². The van der Waals surface area contributed by atoms with Crippen LogP contribution in [0, 0.1) is 6.92 Å². The molecule has 0 fully saturated rings. The van der Waals surface area contributed by atoms with Crippen LogP contribution in [0.3, 0.4) is 0 Å². The van der Waals surface area contributed by atoms with E-state index in [1.807, 2.05) is 12.1 Å². The van der Waals surface area contributed by atoms with Gasteiger partial charge in [-0.2, -0.15) is 0 Å². The van der Waals surface area contributed by atoms with Crippen molar-refractivity contribution >= 4 is 33.6 Å². The fourth-order valence-electron chi connectivity index (χ4n) is 2.44. The maximum absolute atomic E-state index is 5.69. The summed E-state index contributed by atoms with van der Waals surface area (Å²) in [6.45, 7) is 2.76. The number of hydrogen-bond donors (Lipinski definition) is 1. The number of nitrogens with zero attached hydrogens (tertiary/aromatic N) is 1. The number of benzene rings is 2. The van der Waals surface area contributed by atoms with Gasteiger partial charge in [0.2, 0.25) is 0 Å². The van der Waals surface area contributed by atoms with Crippen LogP contribution in [0.15, 0.2) is 41.3 Å². The lowest BCUT2D eigenvalue weighted by atomic mass is 10.1. The Hall–Kier alpha value is -1.78. The van der Waals surface area contributed by atoms with Gasteiger partial charge >= 0.3 is 0 Å². The first-order valence-corrected chi connectivity index (χ1v) is 7.92. The number of nitrogens with two attached hydrogens (primary N) is 1. The number of thioether (sulfide) groups is 1. The Morgan fingerprint density at radius 2 is 1.81 bits per heavy atom. The van der Waals surface area contributed by atoms with Crippen LogP contribution in [0.5, 0.6) is 5.75 Å². The second-order valence-corrected chi connectivity index (χ2v) is 6.09. The Bertz CT molecular complexity index is 801. The monoisotopic (exact) mass is 298 g/mol. The molecule has 0 amide bonds. The van der Waals surface area contributed by atoms with Crippen molar-refractivity contribution in [2.75, 3.05) is 19.4 Å². The molecular weight excluding hydrogens is 280 g/mol. The van der Waals surface area contributed by atoms with E-state index in [0.717, 1.165) is 27.9 Å². The van der Waals surface area contributed by atoms with Crippen molar-refractivity contribution < 1.29 is 4.74 Å². The minimum atomic E-state index is 0.658. The third kappa shape index (κ3) is 2.69. The lowest BCUT2D eigenvalue weighted by molar-refractivity contribution is 0.415. The molecule has 108 valence electrons. The summed E-state index contributed by atoms with van der Waals surface area (Å²) in [5.41, 5.74) is 8.94. The highest BCUT2D eigenvalue weighted by atomic mass is 32.2. The number of ether oxygens (including phenoxy) is 1. The Kier molecular flexibility index (Phi) is 3.99. The molecule has 0 atom stereocenters. The minimum absolute atomic E-state index is 0.658. The molecular formula is C17H18N2OS. The fourth-order valence-corrected chi connectivity index (χ4v) is 3.40. The molecule has 0 unspecified atom stereocenters. The van der Waals surface area contributed by atoms with Gasteiger partial charge in [0.25, 0.3) is 0 Å². The Balaban J connectivity index is 2.35. The van der Waals surface area contributed by atoms with Gasteiger partial charge in [-0.05, 0) is 37.3 Å². The molecule has 4 heteroatoms. The smallest absolute Gasteiger partial charge is 0.119 e. The minimum Gasteiger partial charge on any atom is -0.497 e. The van der Waals surface area contributed by atoms with E-state index in [2.05, 4.69) is 31.2 Å². The zero-order valence-corrected chi connectivity index (χ0v) is 13.0. The van der Waals surface area contributed by atoms with Gasteiger partial charge in [-0.1, -0.05) is 11.6 Å². The van der Waals surface area contributed by atoms with Gasteiger partial charge in [-0.3, -0.25) is 0 Å². The Labute approximate surface area is 128 Å². The topological polar surface area (TPSA) is 48.1 Å². The van der Waals surface area contributed by atoms with Crippen LogP contribution in [-0.2, 0) is 0 Å². The van der Waals surface area contributed by atoms with Crippen molar-refractivity contribution in [2.45, 2.75) is 11.8 Å². The molecule has 0 saturated heterocycles. The van der Waals surface area contributed by atoms with Crippen LogP contribution in [0.2, 0.25) is 0 Å². The van der Waals surface area contributed by atoms with E-state index in [9.17, 15) is 0 Å². The zero-order valence-electron chi connectivity index (χ0n) is 12.2. The summed E-state index contributed by atoms with van der Waals surface area (Å²) in [7, 11) is 1.69. The molecule has 0 spiro atoms. The quantitative estimate of drug-likeness (QED) is 0.588. The van der Waals surface area contributed by atoms with E-state index in [0.29, 0.717) is 6.54 Å². The Morgan fingerprint density at radius 3 is 2.52 bits per heavy atom. The first kappa shape index (κ1) is 14.2.